The number of ether oxygens (including phenoxy) is 2. The summed E-state index contributed by atoms with van der Waals surface area (Å²) in [6.07, 6.45) is 3.27. The summed E-state index contributed by atoms with van der Waals surface area (Å²) in [6, 6.07) is 16.2. The maximum Gasteiger partial charge on any atom is 0.277 e. The Morgan fingerprint density at radius 2 is 1.86 bits per heavy atom. The predicted molar refractivity (Wildman–Crippen MR) is 111 cm³/mol. The molecule has 1 atom stereocenters. The lowest BCUT2D eigenvalue weighted by Gasteiger charge is -2.26. The molecule has 0 radical (unpaired) electrons. The Morgan fingerprint density at radius 1 is 1.07 bits per heavy atom. The summed E-state index contributed by atoms with van der Waals surface area (Å²) < 4.78 is 10.8. The Morgan fingerprint density at radius 3 is 2.50 bits per heavy atom. The smallest absolute Gasteiger partial charge is 0.277 e. The number of carbonyl (C=O) groups excluding carboxylic acids is 1. The van der Waals surface area contributed by atoms with E-state index < -0.39 is 0 Å². The first-order valence-corrected chi connectivity index (χ1v) is 9.64. The number of carbonyl (C=O) groups is 1. The number of amides is 1. The molecule has 0 aromatic heterocycles. The summed E-state index contributed by atoms with van der Waals surface area (Å²) >= 11 is 0. The fourth-order valence-corrected chi connectivity index (χ4v) is 3.63. The van der Waals surface area contributed by atoms with Crippen LogP contribution in [0.2, 0.25) is 0 Å². The van der Waals surface area contributed by atoms with Gasteiger partial charge in [0, 0.05) is 25.6 Å². The minimum absolute atomic E-state index is 0.136. The molecule has 1 amide bonds. The fourth-order valence-electron chi connectivity index (χ4n) is 3.63. The first-order chi connectivity index (χ1) is 13.6. The van der Waals surface area contributed by atoms with E-state index in [1.807, 2.05) is 31.3 Å². The van der Waals surface area contributed by atoms with Crippen molar-refractivity contribution in [2.24, 2.45) is 0 Å². The van der Waals surface area contributed by atoms with Crippen molar-refractivity contribution in [3.05, 3.63) is 65.7 Å². The van der Waals surface area contributed by atoms with Crippen LogP contribution in [0.5, 0.6) is 11.5 Å². The van der Waals surface area contributed by atoms with Crippen LogP contribution in [0.25, 0.3) is 5.57 Å². The number of nitrogens with zero attached hydrogens (tertiary/aromatic N) is 1. The molecule has 3 rings (SSSR count). The van der Waals surface area contributed by atoms with Crippen molar-refractivity contribution in [3.8, 4) is 11.5 Å². The molecule has 1 heterocycles. The first kappa shape index (κ1) is 20.0. The summed E-state index contributed by atoms with van der Waals surface area (Å²) in [7, 11) is 5.08. The van der Waals surface area contributed by atoms with Crippen LogP contribution in [0.3, 0.4) is 0 Å². The van der Waals surface area contributed by atoms with Gasteiger partial charge in [-0.2, -0.15) is 0 Å². The zero-order chi connectivity index (χ0) is 19.9. The number of para-hydroxylation sites is 1. The van der Waals surface area contributed by atoms with Gasteiger partial charge in [0.15, 0.2) is 18.0 Å². The van der Waals surface area contributed by atoms with Crippen LogP contribution in [-0.4, -0.2) is 51.7 Å². The minimum atomic E-state index is 0.136. The molecule has 2 aromatic rings. The molecule has 0 fully saturated rings. The van der Waals surface area contributed by atoms with Gasteiger partial charge < -0.3 is 19.3 Å². The Balaban J connectivity index is 1.58. The standard InChI is InChI=1S/C23H28N2O3/c1-24(16-20-10-7-11-21(27-2)23(20)28-3)22(26)17-25-14-12-19(13-15-25)18-8-5-4-6-9-18/h4-12H,13-17H2,1-3H3/p+1. The monoisotopic (exact) mass is 381 g/mol. The van der Waals surface area contributed by atoms with Gasteiger partial charge in [0.25, 0.3) is 5.91 Å². The number of hydrogen-bond donors (Lipinski definition) is 1. The zero-order valence-electron chi connectivity index (χ0n) is 16.9. The highest BCUT2D eigenvalue weighted by Gasteiger charge is 2.22. The number of benzene rings is 2. The highest BCUT2D eigenvalue weighted by molar-refractivity contribution is 5.77. The molecule has 1 aliphatic rings. The lowest BCUT2D eigenvalue weighted by Crippen LogP contribution is -3.13. The van der Waals surface area contributed by atoms with Crippen molar-refractivity contribution in [2.45, 2.75) is 13.0 Å². The second-order valence-electron chi connectivity index (χ2n) is 7.13. The van der Waals surface area contributed by atoms with E-state index in [4.69, 9.17) is 9.47 Å². The average Bonchev–Trinajstić information content (AvgIpc) is 2.74. The summed E-state index contributed by atoms with van der Waals surface area (Å²) in [4.78, 5) is 15.8. The number of likely N-dealkylation sites (N-methyl/N-ethyl adjacent to an activating group) is 1. The van der Waals surface area contributed by atoms with Crippen molar-refractivity contribution < 1.29 is 19.2 Å². The van der Waals surface area contributed by atoms with Gasteiger partial charge in [-0.25, -0.2) is 0 Å². The lowest BCUT2D eigenvalue weighted by atomic mass is 9.99. The van der Waals surface area contributed by atoms with Gasteiger partial charge in [0.1, 0.15) is 0 Å². The van der Waals surface area contributed by atoms with E-state index in [1.165, 1.54) is 16.0 Å². The molecule has 0 spiro atoms. The summed E-state index contributed by atoms with van der Waals surface area (Å²) in [5.41, 5.74) is 3.61. The maximum absolute atomic E-state index is 12.7. The normalized spacial score (nSPS) is 16.2. The van der Waals surface area contributed by atoms with E-state index in [2.05, 4.69) is 30.3 Å². The summed E-state index contributed by atoms with van der Waals surface area (Å²) in [5.74, 6) is 1.50. The van der Waals surface area contributed by atoms with E-state index in [1.54, 1.807) is 19.1 Å². The second-order valence-corrected chi connectivity index (χ2v) is 7.13. The Kier molecular flexibility index (Phi) is 6.71. The zero-order valence-corrected chi connectivity index (χ0v) is 16.9. The first-order valence-electron chi connectivity index (χ1n) is 9.64. The Hall–Kier alpha value is -2.79. The van der Waals surface area contributed by atoms with Crippen LogP contribution in [0.1, 0.15) is 17.5 Å². The molecule has 1 N–H and O–H groups in total. The molecular formula is C23H29N2O3+. The van der Waals surface area contributed by atoms with Gasteiger partial charge in [0.05, 0.1) is 27.3 Å². The molecule has 1 aliphatic heterocycles. The molecule has 0 aliphatic carbocycles. The summed E-state index contributed by atoms with van der Waals surface area (Å²) in [5, 5.41) is 0. The summed E-state index contributed by atoms with van der Waals surface area (Å²) in [6.45, 7) is 2.86. The molecule has 0 saturated heterocycles. The molecule has 28 heavy (non-hydrogen) atoms. The number of quaternary nitrogens is 1. The van der Waals surface area contributed by atoms with Gasteiger partial charge in [-0.1, -0.05) is 42.5 Å². The quantitative estimate of drug-likeness (QED) is 0.798. The Bertz CT molecular complexity index is 833. The third-order valence-corrected chi connectivity index (χ3v) is 5.25. The number of nitrogens with one attached hydrogen (secondary N) is 1. The van der Waals surface area contributed by atoms with Crippen LogP contribution in [0.15, 0.2) is 54.6 Å². The molecule has 0 saturated carbocycles. The van der Waals surface area contributed by atoms with E-state index in [9.17, 15) is 4.79 Å². The SMILES string of the molecule is COc1cccc(CN(C)C(=O)C[NH+]2CC=C(c3ccccc3)CC2)c1OC. The fraction of sp³-hybridized carbons (Fsp3) is 0.348. The van der Waals surface area contributed by atoms with Gasteiger partial charge in [-0.05, 0) is 23.3 Å². The van der Waals surface area contributed by atoms with Crippen LogP contribution in [-0.2, 0) is 11.3 Å². The third kappa shape index (κ3) is 4.73. The minimum Gasteiger partial charge on any atom is -0.493 e. The lowest BCUT2D eigenvalue weighted by molar-refractivity contribution is -0.887. The largest absolute Gasteiger partial charge is 0.493 e. The number of rotatable bonds is 7. The Labute approximate surface area is 167 Å². The molecule has 148 valence electrons. The van der Waals surface area contributed by atoms with Crippen molar-refractivity contribution in [1.29, 1.82) is 0 Å². The van der Waals surface area contributed by atoms with Gasteiger partial charge in [-0.3, -0.25) is 4.79 Å². The van der Waals surface area contributed by atoms with E-state index in [0.29, 0.717) is 24.6 Å². The van der Waals surface area contributed by atoms with Crippen LogP contribution < -0.4 is 14.4 Å². The van der Waals surface area contributed by atoms with Gasteiger partial charge in [-0.15, -0.1) is 0 Å². The number of hydrogen-bond acceptors (Lipinski definition) is 3. The molecule has 5 nitrogen and oxygen atoms in total. The van der Waals surface area contributed by atoms with E-state index in [-0.39, 0.29) is 5.91 Å². The average molecular weight is 381 g/mol. The molecule has 0 bridgehead atoms. The van der Waals surface area contributed by atoms with E-state index >= 15 is 0 Å². The molecular weight excluding hydrogens is 352 g/mol. The van der Waals surface area contributed by atoms with Crippen molar-refractivity contribution in [3.63, 3.8) is 0 Å². The topological polar surface area (TPSA) is 43.2 Å². The highest BCUT2D eigenvalue weighted by Crippen LogP contribution is 2.31. The van der Waals surface area contributed by atoms with Gasteiger partial charge in [0.2, 0.25) is 0 Å². The predicted octanol–water partition coefficient (Wildman–Crippen LogP) is 2.03. The second kappa shape index (κ2) is 9.42. The number of methoxy groups -OCH3 is 2. The maximum atomic E-state index is 12.7. The van der Waals surface area contributed by atoms with Gasteiger partial charge >= 0.3 is 0 Å². The van der Waals surface area contributed by atoms with E-state index in [0.717, 1.165) is 25.1 Å². The molecule has 1 unspecified atom stereocenters. The van der Waals surface area contributed by atoms with Crippen molar-refractivity contribution in [1.82, 2.24) is 4.90 Å². The molecule has 5 heteroatoms. The third-order valence-electron chi connectivity index (χ3n) is 5.25. The van der Waals surface area contributed by atoms with Crippen molar-refractivity contribution in [2.75, 3.05) is 40.9 Å². The van der Waals surface area contributed by atoms with Crippen LogP contribution in [0.4, 0.5) is 0 Å². The van der Waals surface area contributed by atoms with Crippen molar-refractivity contribution >= 4 is 11.5 Å². The molecule has 2 aromatic carbocycles. The van der Waals surface area contributed by atoms with Crippen LogP contribution >= 0.6 is 0 Å². The highest BCUT2D eigenvalue weighted by atomic mass is 16.5. The van der Waals surface area contributed by atoms with Crippen LogP contribution in [0, 0.1) is 0 Å².